The van der Waals surface area contributed by atoms with Crippen molar-refractivity contribution in [3.63, 3.8) is 0 Å². The van der Waals surface area contributed by atoms with Gasteiger partial charge in [0.05, 0.1) is 17.7 Å². The molecule has 2 aromatic rings. The minimum absolute atomic E-state index is 0.333. The van der Waals surface area contributed by atoms with Crippen molar-refractivity contribution in [1.29, 1.82) is 0 Å². The second-order valence-corrected chi connectivity index (χ2v) is 4.66. The van der Waals surface area contributed by atoms with Crippen LogP contribution in [0.15, 0.2) is 23.7 Å². The molecule has 0 aliphatic rings. The summed E-state index contributed by atoms with van der Waals surface area (Å²) in [6.45, 7) is 4.68. The summed E-state index contributed by atoms with van der Waals surface area (Å²) < 4.78 is 0. The smallest absolute Gasteiger partial charge is 0.118 e. The van der Waals surface area contributed by atoms with E-state index in [1.165, 1.54) is 4.88 Å². The predicted octanol–water partition coefficient (Wildman–Crippen LogP) is 3.08. The van der Waals surface area contributed by atoms with Gasteiger partial charge in [-0.3, -0.25) is 0 Å². The topological polar surface area (TPSA) is 45.2 Å². The van der Waals surface area contributed by atoms with Crippen LogP contribution in [0.2, 0.25) is 0 Å². The van der Waals surface area contributed by atoms with Crippen LogP contribution in [0, 0.1) is 13.8 Å². The van der Waals surface area contributed by atoms with Crippen LogP contribution in [0.1, 0.15) is 16.1 Å². The monoisotopic (exact) mass is 234 g/mol. The number of phenols is 1. The molecule has 0 saturated carbocycles. The minimum atomic E-state index is 0.333. The Balaban J connectivity index is 2.05. The van der Waals surface area contributed by atoms with Crippen LogP contribution in [-0.4, -0.2) is 10.1 Å². The summed E-state index contributed by atoms with van der Waals surface area (Å²) >= 11 is 1.65. The average molecular weight is 234 g/mol. The highest BCUT2D eigenvalue weighted by Crippen LogP contribution is 2.21. The molecule has 1 aromatic carbocycles. The summed E-state index contributed by atoms with van der Waals surface area (Å²) in [4.78, 5) is 5.44. The Hall–Kier alpha value is -1.55. The van der Waals surface area contributed by atoms with Crippen LogP contribution in [0.3, 0.4) is 0 Å². The van der Waals surface area contributed by atoms with Gasteiger partial charge >= 0.3 is 0 Å². The molecule has 0 aliphatic carbocycles. The van der Waals surface area contributed by atoms with Crippen LogP contribution >= 0.6 is 11.3 Å². The Morgan fingerprint density at radius 3 is 2.81 bits per heavy atom. The third kappa shape index (κ3) is 2.33. The molecule has 3 nitrogen and oxygen atoms in total. The van der Waals surface area contributed by atoms with E-state index in [1.807, 2.05) is 31.5 Å². The number of nitrogens with one attached hydrogen (secondary N) is 1. The molecular weight excluding hydrogens is 220 g/mol. The van der Waals surface area contributed by atoms with E-state index < -0.39 is 0 Å². The number of benzene rings is 1. The van der Waals surface area contributed by atoms with Gasteiger partial charge in [0, 0.05) is 10.6 Å². The Bertz CT molecular complexity index is 494. The van der Waals surface area contributed by atoms with E-state index in [9.17, 15) is 5.11 Å². The molecule has 1 aromatic heterocycles. The first-order chi connectivity index (χ1) is 7.66. The lowest BCUT2D eigenvalue weighted by molar-refractivity contribution is 0.471. The normalized spacial score (nSPS) is 10.4. The summed E-state index contributed by atoms with van der Waals surface area (Å²) in [5.74, 6) is 0.333. The Morgan fingerprint density at radius 1 is 1.38 bits per heavy atom. The highest BCUT2D eigenvalue weighted by atomic mass is 32.1. The van der Waals surface area contributed by atoms with Crippen molar-refractivity contribution >= 4 is 17.0 Å². The summed E-state index contributed by atoms with van der Waals surface area (Å²) in [6.07, 6.45) is 0. The van der Waals surface area contributed by atoms with Gasteiger partial charge in [-0.25, -0.2) is 4.98 Å². The molecule has 84 valence electrons. The van der Waals surface area contributed by atoms with Crippen molar-refractivity contribution in [3.05, 3.63) is 39.8 Å². The van der Waals surface area contributed by atoms with E-state index in [0.29, 0.717) is 5.75 Å². The van der Waals surface area contributed by atoms with Crippen LogP contribution in [0.25, 0.3) is 0 Å². The molecule has 0 unspecified atom stereocenters. The Labute approximate surface area is 98.8 Å². The second kappa shape index (κ2) is 4.53. The van der Waals surface area contributed by atoms with E-state index in [2.05, 4.69) is 10.3 Å². The molecule has 0 fully saturated rings. The summed E-state index contributed by atoms with van der Waals surface area (Å²) in [5.41, 5.74) is 4.83. The van der Waals surface area contributed by atoms with Crippen LogP contribution in [0.4, 0.5) is 5.69 Å². The van der Waals surface area contributed by atoms with Gasteiger partial charge < -0.3 is 10.4 Å². The third-order valence-electron chi connectivity index (χ3n) is 2.49. The number of aryl methyl sites for hydroxylation is 2. The molecular formula is C12H14N2OS. The summed E-state index contributed by atoms with van der Waals surface area (Å²) in [7, 11) is 0. The Morgan fingerprint density at radius 2 is 2.19 bits per heavy atom. The van der Waals surface area contributed by atoms with Gasteiger partial charge in [-0.15, -0.1) is 11.3 Å². The molecule has 0 amide bonds. The van der Waals surface area contributed by atoms with Crippen molar-refractivity contribution in [2.45, 2.75) is 20.4 Å². The maximum absolute atomic E-state index is 9.40. The van der Waals surface area contributed by atoms with Gasteiger partial charge in [0.2, 0.25) is 0 Å². The zero-order valence-corrected chi connectivity index (χ0v) is 10.1. The SMILES string of the molecule is Cc1cc(NCc2scnc2C)ccc1O. The average Bonchev–Trinajstić information content (AvgIpc) is 2.66. The van der Waals surface area contributed by atoms with Crippen molar-refractivity contribution in [2.24, 2.45) is 0 Å². The fourth-order valence-corrected chi connectivity index (χ4v) is 2.16. The van der Waals surface area contributed by atoms with Crippen LogP contribution in [-0.2, 0) is 6.54 Å². The zero-order valence-electron chi connectivity index (χ0n) is 9.32. The van der Waals surface area contributed by atoms with Gasteiger partial charge in [0.15, 0.2) is 0 Å². The number of hydrogen-bond donors (Lipinski definition) is 2. The molecule has 2 N–H and O–H groups in total. The first-order valence-electron chi connectivity index (χ1n) is 5.09. The number of hydrogen-bond acceptors (Lipinski definition) is 4. The fraction of sp³-hybridized carbons (Fsp3) is 0.250. The van der Waals surface area contributed by atoms with Gasteiger partial charge in [0.25, 0.3) is 0 Å². The second-order valence-electron chi connectivity index (χ2n) is 3.72. The largest absolute Gasteiger partial charge is 0.508 e. The summed E-state index contributed by atoms with van der Waals surface area (Å²) in [6, 6.07) is 5.52. The van der Waals surface area contributed by atoms with E-state index in [1.54, 1.807) is 17.4 Å². The minimum Gasteiger partial charge on any atom is -0.508 e. The van der Waals surface area contributed by atoms with Crippen LogP contribution in [0.5, 0.6) is 5.75 Å². The lowest BCUT2D eigenvalue weighted by atomic mass is 10.2. The first kappa shape index (κ1) is 11.0. The highest BCUT2D eigenvalue weighted by molar-refractivity contribution is 7.09. The predicted molar refractivity (Wildman–Crippen MR) is 67.0 cm³/mol. The lowest BCUT2D eigenvalue weighted by Gasteiger charge is -2.07. The van der Waals surface area contributed by atoms with E-state index >= 15 is 0 Å². The molecule has 0 saturated heterocycles. The number of phenolic OH excluding ortho intramolecular Hbond substituents is 1. The third-order valence-corrected chi connectivity index (χ3v) is 3.43. The number of thiazole rings is 1. The zero-order chi connectivity index (χ0) is 11.5. The van der Waals surface area contributed by atoms with Gasteiger partial charge in [-0.2, -0.15) is 0 Å². The highest BCUT2D eigenvalue weighted by Gasteiger charge is 2.02. The van der Waals surface area contributed by atoms with E-state index in [-0.39, 0.29) is 0 Å². The Kier molecular flexibility index (Phi) is 3.10. The maximum Gasteiger partial charge on any atom is 0.118 e. The molecule has 4 heteroatoms. The summed E-state index contributed by atoms with van der Waals surface area (Å²) in [5, 5.41) is 12.7. The number of rotatable bonds is 3. The molecule has 16 heavy (non-hydrogen) atoms. The standard InChI is InChI=1S/C12H14N2OS/c1-8-5-10(3-4-11(8)15)13-6-12-9(2)14-7-16-12/h3-5,7,13,15H,6H2,1-2H3. The van der Waals surface area contributed by atoms with Crippen molar-refractivity contribution in [1.82, 2.24) is 4.98 Å². The quantitative estimate of drug-likeness (QED) is 0.802. The van der Waals surface area contributed by atoms with Crippen molar-refractivity contribution in [3.8, 4) is 5.75 Å². The molecule has 2 rings (SSSR count). The first-order valence-corrected chi connectivity index (χ1v) is 5.97. The number of aromatic nitrogens is 1. The molecule has 0 spiro atoms. The molecule has 0 atom stereocenters. The number of nitrogens with zero attached hydrogens (tertiary/aromatic N) is 1. The van der Waals surface area contributed by atoms with Gasteiger partial charge in [-0.1, -0.05) is 0 Å². The number of anilines is 1. The van der Waals surface area contributed by atoms with E-state index in [4.69, 9.17) is 0 Å². The number of aromatic hydroxyl groups is 1. The molecule has 1 heterocycles. The van der Waals surface area contributed by atoms with E-state index in [0.717, 1.165) is 23.5 Å². The maximum atomic E-state index is 9.40. The van der Waals surface area contributed by atoms with Gasteiger partial charge in [-0.05, 0) is 37.6 Å². The van der Waals surface area contributed by atoms with Gasteiger partial charge in [0.1, 0.15) is 5.75 Å². The molecule has 0 bridgehead atoms. The molecule has 0 aliphatic heterocycles. The molecule has 0 radical (unpaired) electrons. The lowest BCUT2D eigenvalue weighted by Crippen LogP contribution is -1.99. The van der Waals surface area contributed by atoms with Crippen molar-refractivity contribution < 1.29 is 5.11 Å². The van der Waals surface area contributed by atoms with Crippen molar-refractivity contribution in [2.75, 3.05) is 5.32 Å². The van der Waals surface area contributed by atoms with Crippen LogP contribution < -0.4 is 5.32 Å². The fourth-order valence-electron chi connectivity index (χ4n) is 1.44.